The number of aromatic hydroxyl groups is 1. The van der Waals surface area contributed by atoms with Crippen molar-refractivity contribution < 1.29 is 41.4 Å². The van der Waals surface area contributed by atoms with Gasteiger partial charge in [0.25, 0.3) is 0 Å². The van der Waals surface area contributed by atoms with Crippen LogP contribution in [0.25, 0.3) is 0 Å². The molecule has 1 aliphatic heterocycles. The Bertz CT molecular complexity index is 1090. The van der Waals surface area contributed by atoms with Gasteiger partial charge < -0.3 is 15.5 Å². The second kappa shape index (κ2) is 11.5. The molecule has 11 heteroatoms. The van der Waals surface area contributed by atoms with Crippen molar-refractivity contribution in [3.8, 4) is 5.75 Å². The monoisotopic (exact) mass is 546 g/mol. The maximum atomic E-state index is 13.3. The first-order valence-corrected chi connectivity index (χ1v) is 12.3. The minimum absolute atomic E-state index is 0.00522. The molecule has 1 fully saturated rings. The summed E-state index contributed by atoms with van der Waals surface area (Å²) in [4.78, 5) is 15.5. The number of halogens is 6. The van der Waals surface area contributed by atoms with Gasteiger partial charge in [0.2, 0.25) is 5.91 Å². The van der Waals surface area contributed by atoms with Gasteiger partial charge in [0.15, 0.2) is 0 Å². The SMILES string of the molecule is CC(C)CC1(C(=O)NCc2cc(C(F)(F)F)cc(C(F)(F)F)c2)CCN(Cc2ccc(O)c(CO)c2)CC1. The van der Waals surface area contributed by atoms with E-state index in [2.05, 4.69) is 10.2 Å². The molecule has 0 saturated carbocycles. The lowest BCUT2D eigenvalue weighted by Crippen LogP contribution is -2.49. The number of nitrogens with zero attached hydrogens (tertiary/aromatic N) is 1. The predicted octanol–water partition coefficient (Wildman–Crippen LogP) is 5.87. The van der Waals surface area contributed by atoms with Crippen molar-refractivity contribution >= 4 is 5.91 Å². The highest BCUT2D eigenvalue weighted by Gasteiger charge is 2.42. The largest absolute Gasteiger partial charge is 0.508 e. The van der Waals surface area contributed by atoms with Crippen molar-refractivity contribution in [2.45, 2.75) is 65.2 Å². The van der Waals surface area contributed by atoms with Crippen LogP contribution in [0.3, 0.4) is 0 Å². The van der Waals surface area contributed by atoms with Crippen molar-refractivity contribution in [2.24, 2.45) is 11.3 Å². The Hall–Kier alpha value is -2.79. The van der Waals surface area contributed by atoms with Gasteiger partial charge in [0.05, 0.1) is 23.1 Å². The normalized spacial score (nSPS) is 16.6. The zero-order valence-corrected chi connectivity index (χ0v) is 21.2. The van der Waals surface area contributed by atoms with Crippen LogP contribution < -0.4 is 5.32 Å². The average Bonchev–Trinajstić information content (AvgIpc) is 2.83. The number of aliphatic hydroxyl groups excluding tert-OH is 1. The molecule has 0 bridgehead atoms. The summed E-state index contributed by atoms with van der Waals surface area (Å²) in [6.07, 6.45) is -8.45. The number of rotatable bonds is 8. The number of hydrogen-bond donors (Lipinski definition) is 3. The number of hydrogen-bond acceptors (Lipinski definition) is 4. The van der Waals surface area contributed by atoms with Crippen LogP contribution in [0.1, 0.15) is 60.9 Å². The molecule has 0 spiro atoms. The van der Waals surface area contributed by atoms with Gasteiger partial charge in [-0.2, -0.15) is 26.3 Å². The zero-order valence-electron chi connectivity index (χ0n) is 21.2. The number of phenols is 1. The summed E-state index contributed by atoms with van der Waals surface area (Å²) in [5.41, 5.74) is -2.61. The molecule has 0 aliphatic carbocycles. The minimum Gasteiger partial charge on any atom is -0.508 e. The van der Waals surface area contributed by atoms with E-state index in [1.165, 1.54) is 6.07 Å². The molecule has 38 heavy (non-hydrogen) atoms. The smallest absolute Gasteiger partial charge is 0.416 e. The number of benzene rings is 2. The van der Waals surface area contributed by atoms with Crippen LogP contribution in [-0.2, 0) is 36.8 Å². The molecule has 0 radical (unpaired) electrons. The third-order valence-electron chi connectivity index (χ3n) is 6.91. The lowest BCUT2D eigenvalue weighted by atomic mass is 9.71. The molecule has 2 aromatic rings. The van der Waals surface area contributed by atoms with E-state index in [4.69, 9.17) is 0 Å². The highest BCUT2D eigenvalue weighted by molar-refractivity contribution is 5.82. The summed E-state index contributed by atoms with van der Waals surface area (Å²) in [7, 11) is 0. The molecule has 1 amide bonds. The van der Waals surface area contributed by atoms with Crippen LogP contribution in [0.15, 0.2) is 36.4 Å². The van der Waals surface area contributed by atoms with E-state index >= 15 is 0 Å². The molecule has 5 nitrogen and oxygen atoms in total. The van der Waals surface area contributed by atoms with Gasteiger partial charge in [0, 0.05) is 18.7 Å². The summed E-state index contributed by atoms with van der Waals surface area (Å²) >= 11 is 0. The Morgan fingerprint density at radius 2 is 1.55 bits per heavy atom. The second-order valence-corrected chi connectivity index (χ2v) is 10.4. The van der Waals surface area contributed by atoms with Gasteiger partial charge in [0.1, 0.15) is 5.75 Å². The van der Waals surface area contributed by atoms with E-state index < -0.39 is 35.4 Å². The van der Waals surface area contributed by atoms with E-state index in [1.54, 1.807) is 12.1 Å². The zero-order chi connectivity index (χ0) is 28.3. The highest BCUT2D eigenvalue weighted by Crippen LogP contribution is 2.39. The number of aliphatic hydroxyl groups is 1. The first kappa shape index (κ1) is 29.8. The fraction of sp³-hybridized carbons (Fsp3) is 0.519. The molecule has 0 unspecified atom stereocenters. The molecule has 0 atom stereocenters. The van der Waals surface area contributed by atoms with Crippen LogP contribution in [-0.4, -0.2) is 34.1 Å². The van der Waals surface area contributed by atoms with E-state index in [0.29, 0.717) is 56.6 Å². The van der Waals surface area contributed by atoms with Crippen LogP contribution in [0.4, 0.5) is 26.3 Å². The molecular weight excluding hydrogens is 514 g/mol. The number of carbonyl (C=O) groups excluding carboxylic acids is 1. The number of piperidine rings is 1. The summed E-state index contributed by atoms with van der Waals surface area (Å²) < 4.78 is 79.2. The highest BCUT2D eigenvalue weighted by atomic mass is 19.4. The first-order chi connectivity index (χ1) is 17.6. The van der Waals surface area contributed by atoms with E-state index in [-0.39, 0.29) is 35.8 Å². The van der Waals surface area contributed by atoms with Crippen molar-refractivity contribution in [1.82, 2.24) is 10.2 Å². The van der Waals surface area contributed by atoms with Gasteiger partial charge in [-0.15, -0.1) is 0 Å². The summed E-state index contributed by atoms with van der Waals surface area (Å²) in [6, 6.07) is 6.30. The fourth-order valence-corrected chi connectivity index (χ4v) is 5.06. The van der Waals surface area contributed by atoms with Crippen LogP contribution in [0.5, 0.6) is 5.75 Å². The minimum atomic E-state index is -4.96. The van der Waals surface area contributed by atoms with Gasteiger partial charge in [-0.05, 0) is 79.7 Å². The van der Waals surface area contributed by atoms with E-state index in [1.807, 2.05) is 13.8 Å². The Balaban J connectivity index is 1.72. The lowest BCUT2D eigenvalue weighted by Gasteiger charge is -2.41. The molecule has 1 saturated heterocycles. The Kier molecular flexibility index (Phi) is 9.03. The van der Waals surface area contributed by atoms with Crippen LogP contribution in [0.2, 0.25) is 0 Å². The summed E-state index contributed by atoms with van der Waals surface area (Å²) in [6.45, 7) is 4.81. The molecule has 210 valence electrons. The Labute approximate surface area is 217 Å². The number of carbonyl (C=O) groups is 1. The number of nitrogens with one attached hydrogen (secondary N) is 1. The van der Waals surface area contributed by atoms with Crippen LogP contribution >= 0.6 is 0 Å². The third kappa shape index (κ3) is 7.41. The molecule has 1 aliphatic rings. The number of likely N-dealkylation sites (tertiary alicyclic amines) is 1. The van der Waals surface area contributed by atoms with E-state index in [0.717, 1.165) is 5.56 Å². The van der Waals surface area contributed by atoms with Gasteiger partial charge in [-0.3, -0.25) is 9.69 Å². The van der Waals surface area contributed by atoms with Crippen LogP contribution in [0, 0.1) is 11.3 Å². The first-order valence-electron chi connectivity index (χ1n) is 12.3. The van der Waals surface area contributed by atoms with Crippen molar-refractivity contribution in [3.63, 3.8) is 0 Å². The molecule has 0 aromatic heterocycles. The fourth-order valence-electron chi connectivity index (χ4n) is 5.06. The maximum Gasteiger partial charge on any atom is 0.416 e. The van der Waals surface area contributed by atoms with Gasteiger partial charge in [-0.25, -0.2) is 0 Å². The average molecular weight is 547 g/mol. The van der Waals surface area contributed by atoms with Crippen molar-refractivity contribution in [3.05, 3.63) is 64.2 Å². The Morgan fingerprint density at radius 3 is 2.05 bits per heavy atom. The number of amides is 1. The van der Waals surface area contributed by atoms with E-state index in [9.17, 15) is 41.4 Å². The molecule has 1 heterocycles. The second-order valence-electron chi connectivity index (χ2n) is 10.4. The summed E-state index contributed by atoms with van der Waals surface area (Å²) in [5, 5.41) is 21.8. The van der Waals surface area contributed by atoms with Gasteiger partial charge in [-0.1, -0.05) is 19.9 Å². The molecule has 3 N–H and O–H groups in total. The number of alkyl halides is 6. The van der Waals surface area contributed by atoms with Crippen molar-refractivity contribution in [1.29, 1.82) is 0 Å². The molecule has 3 rings (SSSR count). The Morgan fingerprint density at radius 1 is 0.974 bits per heavy atom. The van der Waals surface area contributed by atoms with Crippen molar-refractivity contribution in [2.75, 3.05) is 13.1 Å². The topological polar surface area (TPSA) is 72.8 Å². The van der Waals surface area contributed by atoms with Gasteiger partial charge >= 0.3 is 12.4 Å². The molecular formula is C27H32F6N2O3. The lowest BCUT2D eigenvalue weighted by molar-refractivity contribution is -0.143. The predicted molar refractivity (Wildman–Crippen MR) is 129 cm³/mol. The molecule has 2 aromatic carbocycles. The third-order valence-corrected chi connectivity index (χ3v) is 6.91. The quantitative estimate of drug-likeness (QED) is 0.363. The summed E-state index contributed by atoms with van der Waals surface area (Å²) in [5.74, 6) is -0.239. The standard InChI is InChI=1S/C27H32F6N2O3/c1-17(2)13-25(5-7-35(8-6-25)15-18-3-4-23(37)20(9-18)16-36)24(38)34-14-19-10-21(26(28,29)30)12-22(11-19)27(31,32)33/h3-4,9-12,17,36-37H,5-8,13-16H2,1-2H3,(H,34,38). The maximum absolute atomic E-state index is 13.3.